The monoisotopic (exact) mass is 452 g/mol. The molecule has 1 aromatic heterocycles. The van der Waals surface area contributed by atoms with E-state index in [4.69, 9.17) is 0 Å². The van der Waals surface area contributed by atoms with Gasteiger partial charge in [-0.15, -0.1) is 11.3 Å². The molecule has 0 saturated carbocycles. The number of amides is 1. The minimum absolute atomic E-state index is 0.126. The molecule has 4 rings (SSSR count). The fourth-order valence-electron chi connectivity index (χ4n) is 4.46. The number of benzene rings is 2. The average molecular weight is 453 g/mol. The van der Waals surface area contributed by atoms with Gasteiger partial charge in [0.15, 0.2) is 0 Å². The van der Waals surface area contributed by atoms with E-state index in [1.54, 1.807) is 18.3 Å². The summed E-state index contributed by atoms with van der Waals surface area (Å²) < 4.78 is 13.3. The van der Waals surface area contributed by atoms with Gasteiger partial charge < -0.3 is 10.4 Å². The number of carbonyl (C=O) groups excluding carboxylic acids is 1. The third-order valence-corrected chi connectivity index (χ3v) is 7.21. The molecule has 0 radical (unpaired) electrons. The van der Waals surface area contributed by atoms with Crippen molar-refractivity contribution in [2.45, 2.75) is 43.9 Å². The molecule has 168 valence electrons. The van der Waals surface area contributed by atoms with Gasteiger partial charge in [0.1, 0.15) is 5.82 Å². The SMILES string of the molecule is C[C@@]1(O)CCN(CCCc2ccccc2)[C@@H](c2cccs2)[C@@H]1NC(=O)c1ccc(F)cc1. The number of aryl methyl sites for hydroxylation is 1. The van der Waals surface area contributed by atoms with E-state index in [0.29, 0.717) is 12.0 Å². The number of piperidine rings is 1. The first kappa shape index (κ1) is 22.6. The van der Waals surface area contributed by atoms with Gasteiger partial charge in [0.25, 0.3) is 5.91 Å². The van der Waals surface area contributed by atoms with Crippen molar-refractivity contribution < 1.29 is 14.3 Å². The highest BCUT2D eigenvalue weighted by Crippen LogP contribution is 2.39. The van der Waals surface area contributed by atoms with Crippen molar-refractivity contribution in [1.82, 2.24) is 10.2 Å². The lowest BCUT2D eigenvalue weighted by atomic mass is 9.81. The van der Waals surface area contributed by atoms with Crippen LogP contribution in [0.5, 0.6) is 0 Å². The van der Waals surface area contributed by atoms with E-state index < -0.39 is 11.6 Å². The normalized spacial score (nSPS) is 23.7. The summed E-state index contributed by atoms with van der Waals surface area (Å²) in [5.74, 6) is -0.685. The Balaban J connectivity index is 1.54. The van der Waals surface area contributed by atoms with Gasteiger partial charge in [0.2, 0.25) is 0 Å². The summed E-state index contributed by atoms with van der Waals surface area (Å²) >= 11 is 1.64. The first-order valence-electron chi connectivity index (χ1n) is 11.0. The number of nitrogens with zero attached hydrogens (tertiary/aromatic N) is 1. The van der Waals surface area contributed by atoms with Crippen molar-refractivity contribution in [3.63, 3.8) is 0 Å². The molecule has 6 heteroatoms. The fourth-order valence-corrected chi connectivity index (χ4v) is 5.36. The third-order valence-electron chi connectivity index (χ3n) is 6.27. The fraction of sp³-hybridized carbons (Fsp3) is 0.346. The lowest BCUT2D eigenvalue weighted by Crippen LogP contribution is -2.62. The van der Waals surface area contributed by atoms with Crippen LogP contribution in [0.4, 0.5) is 4.39 Å². The predicted octanol–water partition coefficient (Wildman–Crippen LogP) is 4.82. The smallest absolute Gasteiger partial charge is 0.251 e. The highest BCUT2D eigenvalue weighted by atomic mass is 32.1. The van der Waals surface area contributed by atoms with Crippen LogP contribution in [0, 0.1) is 5.82 Å². The molecule has 1 aliphatic heterocycles. The van der Waals surface area contributed by atoms with Crippen LogP contribution in [-0.2, 0) is 6.42 Å². The summed E-state index contributed by atoms with van der Waals surface area (Å²) in [6, 6.07) is 19.4. The van der Waals surface area contributed by atoms with Gasteiger partial charge >= 0.3 is 0 Å². The van der Waals surface area contributed by atoms with Gasteiger partial charge in [-0.05, 0) is 74.0 Å². The molecule has 1 amide bonds. The maximum atomic E-state index is 13.3. The summed E-state index contributed by atoms with van der Waals surface area (Å²) in [6.45, 7) is 3.42. The second-order valence-corrected chi connectivity index (χ2v) is 9.63. The number of halogens is 1. The van der Waals surface area contributed by atoms with Crippen LogP contribution in [0.2, 0.25) is 0 Å². The molecule has 1 aliphatic rings. The first-order chi connectivity index (χ1) is 15.4. The van der Waals surface area contributed by atoms with E-state index in [1.165, 1.54) is 29.8 Å². The highest BCUT2D eigenvalue weighted by molar-refractivity contribution is 7.10. The van der Waals surface area contributed by atoms with Gasteiger partial charge in [-0.2, -0.15) is 0 Å². The second kappa shape index (κ2) is 9.94. The lowest BCUT2D eigenvalue weighted by molar-refractivity contribution is -0.0632. The van der Waals surface area contributed by atoms with Crippen LogP contribution >= 0.6 is 11.3 Å². The number of aliphatic hydroxyl groups is 1. The molecule has 3 atom stereocenters. The zero-order valence-corrected chi connectivity index (χ0v) is 19.0. The van der Waals surface area contributed by atoms with Gasteiger partial charge in [-0.25, -0.2) is 4.39 Å². The topological polar surface area (TPSA) is 52.6 Å². The Morgan fingerprint density at radius 2 is 1.91 bits per heavy atom. The van der Waals surface area contributed by atoms with Gasteiger partial charge in [0, 0.05) is 17.0 Å². The quantitative estimate of drug-likeness (QED) is 0.541. The number of likely N-dealkylation sites (tertiary alicyclic amines) is 1. The van der Waals surface area contributed by atoms with E-state index in [0.717, 1.165) is 30.8 Å². The molecule has 4 nitrogen and oxygen atoms in total. The molecule has 0 spiro atoms. The standard InChI is InChI=1S/C26H29FN2O2S/c1-26(31)15-17-29(16-5-9-19-7-3-2-4-8-19)23(22-10-6-18-32-22)24(26)28-25(30)20-11-13-21(27)14-12-20/h2-4,6-8,10-14,18,23-24,31H,5,9,15-17H2,1H3,(H,28,30)/t23-,24-,26+/m0/s1. The number of carbonyl (C=O) groups is 1. The van der Waals surface area contributed by atoms with Crippen molar-refractivity contribution in [3.8, 4) is 0 Å². The zero-order valence-electron chi connectivity index (χ0n) is 18.2. The molecule has 3 aromatic rings. The van der Waals surface area contributed by atoms with E-state index in [1.807, 2.05) is 17.5 Å². The minimum atomic E-state index is -1.06. The summed E-state index contributed by atoms with van der Waals surface area (Å²) in [4.78, 5) is 16.5. The Morgan fingerprint density at radius 1 is 1.16 bits per heavy atom. The van der Waals surface area contributed by atoms with Crippen LogP contribution in [0.3, 0.4) is 0 Å². The van der Waals surface area contributed by atoms with Crippen molar-refractivity contribution in [2.24, 2.45) is 0 Å². The first-order valence-corrected chi connectivity index (χ1v) is 11.9. The number of hydrogen-bond donors (Lipinski definition) is 2. The Labute approximate surface area is 192 Å². The summed E-state index contributed by atoms with van der Waals surface area (Å²) in [5.41, 5.74) is 0.638. The van der Waals surface area contributed by atoms with Crippen LogP contribution < -0.4 is 5.32 Å². The maximum Gasteiger partial charge on any atom is 0.251 e. The minimum Gasteiger partial charge on any atom is -0.388 e. The molecule has 0 unspecified atom stereocenters. The van der Waals surface area contributed by atoms with Crippen LogP contribution in [0.1, 0.15) is 46.6 Å². The van der Waals surface area contributed by atoms with E-state index in [-0.39, 0.29) is 17.8 Å². The number of rotatable bonds is 7. The molecular weight excluding hydrogens is 423 g/mol. The average Bonchev–Trinajstić information content (AvgIpc) is 3.31. The van der Waals surface area contributed by atoms with Crippen molar-refractivity contribution in [2.75, 3.05) is 13.1 Å². The zero-order chi connectivity index (χ0) is 22.6. The molecule has 2 N–H and O–H groups in total. The number of hydrogen-bond acceptors (Lipinski definition) is 4. The molecule has 2 aromatic carbocycles. The molecule has 1 saturated heterocycles. The third kappa shape index (κ3) is 5.26. The van der Waals surface area contributed by atoms with Crippen molar-refractivity contribution in [1.29, 1.82) is 0 Å². The Bertz CT molecular complexity index is 1010. The Kier molecular flexibility index (Phi) is 7.04. The predicted molar refractivity (Wildman–Crippen MR) is 126 cm³/mol. The van der Waals surface area contributed by atoms with E-state index >= 15 is 0 Å². The van der Waals surface area contributed by atoms with E-state index in [9.17, 15) is 14.3 Å². The van der Waals surface area contributed by atoms with Crippen LogP contribution in [0.25, 0.3) is 0 Å². The number of nitrogens with one attached hydrogen (secondary N) is 1. The molecule has 32 heavy (non-hydrogen) atoms. The van der Waals surface area contributed by atoms with Crippen LogP contribution in [0.15, 0.2) is 72.1 Å². The van der Waals surface area contributed by atoms with Crippen LogP contribution in [-0.4, -0.2) is 40.6 Å². The largest absolute Gasteiger partial charge is 0.388 e. The molecule has 2 heterocycles. The maximum absolute atomic E-state index is 13.3. The lowest BCUT2D eigenvalue weighted by Gasteiger charge is -2.48. The number of thiophene rings is 1. The molecule has 0 aliphatic carbocycles. The highest BCUT2D eigenvalue weighted by Gasteiger charge is 2.46. The second-order valence-electron chi connectivity index (χ2n) is 8.65. The summed E-state index contributed by atoms with van der Waals surface area (Å²) in [6.07, 6.45) is 2.54. The Morgan fingerprint density at radius 3 is 2.59 bits per heavy atom. The van der Waals surface area contributed by atoms with Gasteiger partial charge in [-0.3, -0.25) is 9.69 Å². The summed E-state index contributed by atoms with van der Waals surface area (Å²) in [5, 5.41) is 16.4. The van der Waals surface area contributed by atoms with Crippen molar-refractivity contribution in [3.05, 3.63) is 93.9 Å². The van der Waals surface area contributed by atoms with E-state index in [2.05, 4.69) is 40.5 Å². The molecule has 1 fully saturated rings. The van der Waals surface area contributed by atoms with Crippen molar-refractivity contribution >= 4 is 17.2 Å². The molecule has 0 bridgehead atoms. The molecular formula is C26H29FN2O2S. The summed E-state index contributed by atoms with van der Waals surface area (Å²) in [7, 11) is 0. The van der Waals surface area contributed by atoms with Gasteiger partial charge in [0.05, 0.1) is 17.7 Å². The van der Waals surface area contributed by atoms with Gasteiger partial charge in [-0.1, -0.05) is 36.4 Å². The Hall–Kier alpha value is -2.54.